The number of aliphatic hydroxyl groups is 1. The number of ether oxygens (including phenoxy) is 2. The fraction of sp³-hybridized carbons (Fsp3) is 0.600. The highest BCUT2D eigenvalue weighted by Gasteiger charge is 2.15. The van der Waals surface area contributed by atoms with Crippen LogP contribution in [0.15, 0.2) is 18.2 Å². The number of aliphatic hydroxyl groups excluding tert-OH is 1. The Labute approximate surface area is 114 Å². The first kappa shape index (κ1) is 14.3. The molecule has 0 saturated carbocycles. The Bertz CT molecular complexity index is 382. The standard InChI is InChI=1S/C15H23NO3/c1-12-4-3-5-13(2)15(12)19-11-14(17)10-16-6-8-18-9-7-16/h3-5,14,17H,6-11H2,1-2H3. The second kappa shape index (κ2) is 6.89. The molecule has 0 amide bonds. The van der Waals surface area contributed by atoms with Crippen molar-refractivity contribution < 1.29 is 14.6 Å². The molecule has 1 aromatic rings. The molecule has 1 aliphatic heterocycles. The summed E-state index contributed by atoms with van der Waals surface area (Å²) < 4.78 is 11.1. The molecule has 19 heavy (non-hydrogen) atoms. The predicted molar refractivity (Wildman–Crippen MR) is 74.7 cm³/mol. The van der Waals surface area contributed by atoms with Crippen LogP contribution in [0.5, 0.6) is 5.75 Å². The van der Waals surface area contributed by atoms with E-state index >= 15 is 0 Å². The normalized spacial score (nSPS) is 18.3. The first-order valence-corrected chi connectivity index (χ1v) is 6.84. The number of benzene rings is 1. The van der Waals surface area contributed by atoms with Crippen molar-refractivity contribution in [2.75, 3.05) is 39.5 Å². The summed E-state index contributed by atoms with van der Waals surface area (Å²) in [5.41, 5.74) is 2.22. The fourth-order valence-electron chi connectivity index (χ4n) is 2.34. The molecule has 1 saturated heterocycles. The van der Waals surface area contributed by atoms with E-state index in [1.54, 1.807) is 0 Å². The van der Waals surface area contributed by atoms with Crippen LogP contribution in [0.2, 0.25) is 0 Å². The number of β-amino-alcohol motifs (C(OH)–C–C–N with tert-alkyl or cyclic N) is 1. The zero-order valence-corrected chi connectivity index (χ0v) is 11.8. The summed E-state index contributed by atoms with van der Waals surface area (Å²) in [5.74, 6) is 0.892. The summed E-state index contributed by atoms with van der Waals surface area (Å²) in [4.78, 5) is 2.21. The fourth-order valence-corrected chi connectivity index (χ4v) is 2.34. The van der Waals surface area contributed by atoms with Crippen LogP contribution in [0.4, 0.5) is 0 Å². The van der Waals surface area contributed by atoms with E-state index < -0.39 is 6.10 Å². The smallest absolute Gasteiger partial charge is 0.125 e. The molecule has 0 spiro atoms. The lowest BCUT2D eigenvalue weighted by Gasteiger charge is -2.28. The summed E-state index contributed by atoms with van der Waals surface area (Å²) in [5, 5.41) is 10.0. The highest BCUT2D eigenvalue weighted by atomic mass is 16.5. The highest BCUT2D eigenvalue weighted by molar-refractivity contribution is 5.39. The molecule has 106 valence electrons. The summed E-state index contributed by atoms with van der Waals surface area (Å²) in [6, 6.07) is 6.06. The average Bonchev–Trinajstić information content (AvgIpc) is 2.39. The number of nitrogens with zero attached hydrogens (tertiary/aromatic N) is 1. The van der Waals surface area contributed by atoms with Crippen molar-refractivity contribution in [3.8, 4) is 5.75 Å². The second-order valence-corrected chi connectivity index (χ2v) is 5.10. The van der Waals surface area contributed by atoms with Gasteiger partial charge in [-0.3, -0.25) is 4.90 Å². The maximum absolute atomic E-state index is 10.0. The third-order valence-corrected chi connectivity index (χ3v) is 3.40. The van der Waals surface area contributed by atoms with E-state index in [4.69, 9.17) is 9.47 Å². The van der Waals surface area contributed by atoms with Crippen molar-refractivity contribution in [3.63, 3.8) is 0 Å². The van der Waals surface area contributed by atoms with Gasteiger partial charge in [-0.1, -0.05) is 18.2 Å². The second-order valence-electron chi connectivity index (χ2n) is 5.10. The molecule has 4 nitrogen and oxygen atoms in total. The van der Waals surface area contributed by atoms with Crippen molar-refractivity contribution in [1.29, 1.82) is 0 Å². The Kier molecular flexibility index (Phi) is 5.19. The van der Waals surface area contributed by atoms with Gasteiger partial charge in [0.2, 0.25) is 0 Å². The van der Waals surface area contributed by atoms with Crippen LogP contribution in [-0.4, -0.2) is 55.6 Å². The van der Waals surface area contributed by atoms with E-state index in [0.29, 0.717) is 13.2 Å². The summed E-state index contributed by atoms with van der Waals surface area (Å²) >= 11 is 0. The lowest BCUT2D eigenvalue weighted by molar-refractivity contribution is 0.00454. The third-order valence-electron chi connectivity index (χ3n) is 3.40. The van der Waals surface area contributed by atoms with Gasteiger partial charge in [-0.25, -0.2) is 0 Å². The SMILES string of the molecule is Cc1cccc(C)c1OCC(O)CN1CCOCC1. The molecule has 1 N–H and O–H groups in total. The molecule has 0 aromatic heterocycles. The summed E-state index contributed by atoms with van der Waals surface area (Å²) in [6.07, 6.45) is -0.461. The minimum atomic E-state index is -0.461. The minimum Gasteiger partial charge on any atom is -0.490 e. The number of morpholine rings is 1. The van der Waals surface area contributed by atoms with E-state index in [1.165, 1.54) is 0 Å². The molecule has 1 aliphatic rings. The van der Waals surface area contributed by atoms with Crippen LogP contribution in [0, 0.1) is 13.8 Å². The number of hydrogen-bond donors (Lipinski definition) is 1. The Morgan fingerprint density at radius 2 is 1.89 bits per heavy atom. The van der Waals surface area contributed by atoms with Gasteiger partial charge in [0.25, 0.3) is 0 Å². The molecule has 0 aliphatic carbocycles. The van der Waals surface area contributed by atoms with Crippen molar-refractivity contribution in [2.45, 2.75) is 20.0 Å². The number of rotatable bonds is 5. The van der Waals surface area contributed by atoms with Crippen LogP contribution in [0.25, 0.3) is 0 Å². The minimum absolute atomic E-state index is 0.336. The maximum Gasteiger partial charge on any atom is 0.125 e. The van der Waals surface area contributed by atoms with Gasteiger partial charge in [-0.05, 0) is 25.0 Å². The van der Waals surface area contributed by atoms with Gasteiger partial charge >= 0.3 is 0 Å². The monoisotopic (exact) mass is 265 g/mol. The number of hydrogen-bond acceptors (Lipinski definition) is 4. The van der Waals surface area contributed by atoms with E-state index in [2.05, 4.69) is 4.90 Å². The van der Waals surface area contributed by atoms with Crippen molar-refractivity contribution in [3.05, 3.63) is 29.3 Å². The Morgan fingerprint density at radius 1 is 1.26 bits per heavy atom. The van der Waals surface area contributed by atoms with E-state index in [9.17, 15) is 5.11 Å². The van der Waals surface area contributed by atoms with Gasteiger partial charge in [0, 0.05) is 19.6 Å². The number of para-hydroxylation sites is 1. The topological polar surface area (TPSA) is 41.9 Å². The Hall–Kier alpha value is -1.10. The van der Waals surface area contributed by atoms with Gasteiger partial charge in [0.1, 0.15) is 18.5 Å². The van der Waals surface area contributed by atoms with Gasteiger partial charge < -0.3 is 14.6 Å². The summed E-state index contributed by atoms with van der Waals surface area (Å²) in [6.45, 7) is 8.32. The van der Waals surface area contributed by atoms with Crippen molar-refractivity contribution in [1.82, 2.24) is 4.90 Å². The van der Waals surface area contributed by atoms with Gasteiger partial charge in [-0.15, -0.1) is 0 Å². The zero-order chi connectivity index (χ0) is 13.7. The number of aryl methyl sites for hydroxylation is 2. The zero-order valence-electron chi connectivity index (χ0n) is 11.8. The molecular formula is C15H23NO3. The van der Waals surface area contributed by atoms with Crippen molar-refractivity contribution in [2.24, 2.45) is 0 Å². The highest BCUT2D eigenvalue weighted by Crippen LogP contribution is 2.22. The summed E-state index contributed by atoms with van der Waals surface area (Å²) in [7, 11) is 0. The predicted octanol–water partition coefficient (Wildman–Crippen LogP) is 1.38. The maximum atomic E-state index is 10.0. The Balaban J connectivity index is 1.81. The molecule has 0 bridgehead atoms. The van der Waals surface area contributed by atoms with Crippen LogP contribution in [0.1, 0.15) is 11.1 Å². The van der Waals surface area contributed by atoms with Crippen LogP contribution in [0.3, 0.4) is 0 Å². The third kappa shape index (κ3) is 4.20. The van der Waals surface area contributed by atoms with Crippen LogP contribution < -0.4 is 4.74 Å². The quantitative estimate of drug-likeness (QED) is 0.873. The van der Waals surface area contributed by atoms with E-state index in [0.717, 1.165) is 43.2 Å². The van der Waals surface area contributed by atoms with Gasteiger partial charge in [0.05, 0.1) is 13.2 Å². The molecular weight excluding hydrogens is 242 g/mol. The van der Waals surface area contributed by atoms with E-state index in [-0.39, 0.29) is 0 Å². The largest absolute Gasteiger partial charge is 0.490 e. The molecule has 1 fully saturated rings. The molecule has 1 unspecified atom stereocenters. The van der Waals surface area contributed by atoms with E-state index in [1.807, 2.05) is 32.0 Å². The lowest BCUT2D eigenvalue weighted by Crippen LogP contribution is -2.42. The van der Waals surface area contributed by atoms with Crippen LogP contribution in [-0.2, 0) is 4.74 Å². The Morgan fingerprint density at radius 3 is 2.53 bits per heavy atom. The molecule has 1 atom stereocenters. The van der Waals surface area contributed by atoms with Gasteiger partial charge in [-0.2, -0.15) is 0 Å². The first-order valence-electron chi connectivity index (χ1n) is 6.84. The molecule has 1 aromatic carbocycles. The molecule has 2 rings (SSSR count). The molecule has 1 heterocycles. The van der Waals surface area contributed by atoms with Gasteiger partial charge in [0.15, 0.2) is 0 Å². The van der Waals surface area contributed by atoms with Crippen molar-refractivity contribution >= 4 is 0 Å². The molecule has 0 radical (unpaired) electrons. The van der Waals surface area contributed by atoms with Crippen LogP contribution >= 0.6 is 0 Å². The lowest BCUT2D eigenvalue weighted by atomic mass is 10.1. The molecule has 4 heteroatoms. The first-order chi connectivity index (χ1) is 9.16. The average molecular weight is 265 g/mol.